The van der Waals surface area contributed by atoms with E-state index in [9.17, 15) is 9.59 Å². The van der Waals surface area contributed by atoms with Gasteiger partial charge < -0.3 is 14.7 Å². The Labute approximate surface area is 140 Å². The molecule has 23 heavy (non-hydrogen) atoms. The molecule has 1 N–H and O–H groups in total. The summed E-state index contributed by atoms with van der Waals surface area (Å²) < 4.78 is 5.33. The van der Waals surface area contributed by atoms with Gasteiger partial charge in [-0.15, -0.1) is 0 Å². The Hall–Kier alpha value is -1.59. The average Bonchev–Trinajstić information content (AvgIpc) is 3.21. The molecule has 1 saturated heterocycles. The lowest BCUT2D eigenvalue weighted by molar-refractivity contribution is -0.140. The summed E-state index contributed by atoms with van der Waals surface area (Å²) in [7, 11) is 1.60. The Morgan fingerprint density at radius 3 is 2.83 bits per heavy atom. The minimum Gasteiger partial charge on any atom is -0.481 e. The summed E-state index contributed by atoms with van der Waals surface area (Å²) in [6, 6.07) is 7.32. The SMILES string of the molecule is COC1CC(CC(=O)O)N(C(=O)C2CC2c2cccc(Cl)c2)C1. The summed E-state index contributed by atoms with van der Waals surface area (Å²) in [6.45, 7) is 0.478. The van der Waals surface area contributed by atoms with E-state index in [0.717, 1.165) is 12.0 Å². The third kappa shape index (κ3) is 3.51. The second-order valence-electron chi connectivity index (χ2n) is 6.34. The van der Waals surface area contributed by atoms with Crippen LogP contribution in [0.4, 0.5) is 0 Å². The van der Waals surface area contributed by atoms with E-state index in [2.05, 4.69) is 0 Å². The number of carbonyl (C=O) groups excluding carboxylic acids is 1. The standard InChI is InChI=1S/C17H20ClNO4/c1-23-13-6-12(7-16(20)21)19(9-13)17(22)15-8-14(15)10-3-2-4-11(18)5-10/h2-5,12-15H,6-9H2,1H3,(H,20,21). The molecule has 1 heterocycles. The summed E-state index contributed by atoms with van der Waals surface area (Å²) in [4.78, 5) is 25.5. The van der Waals surface area contributed by atoms with E-state index in [1.807, 2.05) is 24.3 Å². The summed E-state index contributed by atoms with van der Waals surface area (Å²) in [5.74, 6) is -0.721. The minimum absolute atomic E-state index is 0.0276. The van der Waals surface area contributed by atoms with Gasteiger partial charge in [0.05, 0.1) is 12.5 Å². The number of carbonyl (C=O) groups is 2. The van der Waals surface area contributed by atoms with Crippen LogP contribution in [0.15, 0.2) is 24.3 Å². The molecule has 0 spiro atoms. The predicted octanol–water partition coefficient (Wildman–Crippen LogP) is 2.53. The minimum atomic E-state index is -0.883. The maximum Gasteiger partial charge on any atom is 0.305 e. The number of methoxy groups -OCH3 is 1. The monoisotopic (exact) mass is 337 g/mol. The zero-order valence-electron chi connectivity index (χ0n) is 12.9. The van der Waals surface area contributed by atoms with E-state index >= 15 is 0 Å². The quantitative estimate of drug-likeness (QED) is 0.896. The number of carboxylic acid groups (broad SMARTS) is 1. The van der Waals surface area contributed by atoms with Crippen LogP contribution in [0.25, 0.3) is 0 Å². The van der Waals surface area contributed by atoms with Gasteiger partial charge in [0, 0.05) is 30.6 Å². The third-order valence-electron chi connectivity index (χ3n) is 4.79. The maximum absolute atomic E-state index is 12.8. The van der Waals surface area contributed by atoms with Gasteiger partial charge in [0.15, 0.2) is 0 Å². The Bertz CT molecular complexity index is 620. The van der Waals surface area contributed by atoms with Gasteiger partial charge in [-0.25, -0.2) is 0 Å². The van der Waals surface area contributed by atoms with Gasteiger partial charge in [0.2, 0.25) is 5.91 Å². The number of halogens is 1. The lowest BCUT2D eigenvalue weighted by Crippen LogP contribution is -2.38. The second-order valence-corrected chi connectivity index (χ2v) is 6.78. The van der Waals surface area contributed by atoms with Crippen LogP contribution in [-0.4, -0.2) is 47.7 Å². The number of likely N-dealkylation sites (tertiary alicyclic amines) is 1. The van der Waals surface area contributed by atoms with Crippen LogP contribution >= 0.6 is 11.6 Å². The van der Waals surface area contributed by atoms with E-state index < -0.39 is 5.97 Å². The van der Waals surface area contributed by atoms with Crippen molar-refractivity contribution in [1.29, 1.82) is 0 Å². The molecule has 2 fully saturated rings. The fraction of sp³-hybridized carbons (Fsp3) is 0.529. The van der Waals surface area contributed by atoms with Gasteiger partial charge in [-0.1, -0.05) is 23.7 Å². The highest BCUT2D eigenvalue weighted by Gasteiger charge is 2.49. The van der Waals surface area contributed by atoms with E-state index in [-0.39, 0.29) is 36.3 Å². The van der Waals surface area contributed by atoms with Crippen molar-refractivity contribution in [3.05, 3.63) is 34.9 Å². The van der Waals surface area contributed by atoms with Crippen LogP contribution in [0.1, 0.15) is 30.7 Å². The second kappa shape index (κ2) is 6.49. The van der Waals surface area contributed by atoms with Crippen LogP contribution in [-0.2, 0) is 14.3 Å². The number of amides is 1. The Morgan fingerprint density at radius 2 is 2.17 bits per heavy atom. The van der Waals surface area contributed by atoms with Gasteiger partial charge in [-0.2, -0.15) is 0 Å². The van der Waals surface area contributed by atoms with Gasteiger partial charge >= 0.3 is 5.97 Å². The van der Waals surface area contributed by atoms with Crippen LogP contribution in [0.3, 0.4) is 0 Å². The molecule has 3 rings (SSSR count). The van der Waals surface area contributed by atoms with Crippen LogP contribution in [0.2, 0.25) is 5.02 Å². The summed E-state index contributed by atoms with van der Waals surface area (Å²) >= 11 is 6.01. The summed E-state index contributed by atoms with van der Waals surface area (Å²) in [5, 5.41) is 9.73. The highest BCUT2D eigenvalue weighted by atomic mass is 35.5. The van der Waals surface area contributed by atoms with Gasteiger partial charge in [-0.3, -0.25) is 9.59 Å². The van der Waals surface area contributed by atoms with Gasteiger partial charge in [0.25, 0.3) is 0 Å². The van der Waals surface area contributed by atoms with Crippen molar-refractivity contribution in [1.82, 2.24) is 4.90 Å². The van der Waals surface area contributed by atoms with Crippen molar-refractivity contribution >= 4 is 23.5 Å². The molecule has 5 nitrogen and oxygen atoms in total. The first-order valence-corrected chi connectivity index (χ1v) is 8.18. The maximum atomic E-state index is 12.8. The van der Waals surface area contributed by atoms with Gasteiger partial charge in [-0.05, 0) is 36.5 Å². The fourth-order valence-electron chi connectivity index (χ4n) is 3.50. The number of aliphatic carboxylic acids is 1. The molecule has 4 atom stereocenters. The number of nitrogens with zero attached hydrogens (tertiary/aromatic N) is 1. The smallest absolute Gasteiger partial charge is 0.305 e. The molecule has 6 heteroatoms. The van der Waals surface area contributed by atoms with Crippen molar-refractivity contribution in [2.24, 2.45) is 5.92 Å². The highest BCUT2D eigenvalue weighted by Crippen LogP contribution is 2.49. The lowest BCUT2D eigenvalue weighted by Gasteiger charge is -2.23. The predicted molar refractivity (Wildman–Crippen MR) is 85.5 cm³/mol. The first-order valence-electron chi connectivity index (χ1n) is 7.80. The van der Waals surface area contributed by atoms with E-state index in [4.69, 9.17) is 21.4 Å². The Morgan fingerprint density at radius 1 is 1.39 bits per heavy atom. The highest BCUT2D eigenvalue weighted by molar-refractivity contribution is 6.30. The number of rotatable bonds is 5. The van der Waals surface area contributed by atoms with Crippen LogP contribution in [0, 0.1) is 5.92 Å². The largest absolute Gasteiger partial charge is 0.481 e. The number of benzene rings is 1. The van der Waals surface area contributed by atoms with Crippen molar-refractivity contribution in [3.63, 3.8) is 0 Å². The number of hydrogen-bond acceptors (Lipinski definition) is 3. The Kier molecular flexibility index (Phi) is 4.60. The molecule has 2 aliphatic rings. The molecule has 124 valence electrons. The molecular weight excluding hydrogens is 318 g/mol. The molecular formula is C17H20ClNO4. The fourth-order valence-corrected chi connectivity index (χ4v) is 3.69. The van der Waals surface area contributed by atoms with Crippen molar-refractivity contribution in [2.45, 2.75) is 37.3 Å². The number of hydrogen-bond donors (Lipinski definition) is 1. The molecule has 1 aromatic carbocycles. The van der Waals surface area contributed by atoms with Crippen molar-refractivity contribution in [3.8, 4) is 0 Å². The van der Waals surface area contributed by atoms with Gasteiger partial charge in [0.1, 0.15) is 0 Å². The average molecular weight is 338 g/mol. The van der Waals surface area contributed by atoms with Crippen molar-refractivity contribution in [2.75, 3.05) is 13.7 Å². The molecule has 1 saturated carbocycles. The topological polar surface area (TPSA) is 66.8 Å². The summed E-state index contributed by atoms with van der Waals surface area (Å²) in [5.41, 5.74) is 1.08. The van der Waals surface area contributed by atoms with Crippen LogP contribution in [0.5, 0.6) is 0 Å². The molecule has 4 unspecified atom stereocenters. The third-order valence-corrected chi connectivity index (χ3v) is 5.02. The zero-order chi connectivity index (χ0) is 16.6. The molecule has 0 aromatic heterocycles. The summed E-state index contributed by atoms with van der Waals surface area (Å²) in [6.07, 6.45) is 1.28. The molecule has 0 radical (unpaired) electrons. The Balaban J connectivity index is 1.69. The van der Waals surface area contributed by atoms with E-state index in [0.29, 0.717) is 18.0 Å². The van der Waals surface area contributed by atoms with E-state index in [1.165, 1.54) is 0 Å². The van der Waals surface area contributed by atoms with Crippen LogP contribution < -0.4 is 0 Å². The number of ether oxygens (including phenoxy) is 1. The zero-order valence-corrected chi connectivity index (χ0v) is 13.7. The molecule has 1 aromatic rings. The molecule has 1 aliphatic carbocycles. The van der Waals surface area contributed by atoms with Crippen molar-refractivity contribution < 1.29 is 19.4 Å². The number of carboxylic acids is 1. The lowest BCUT2D eigenvalue weighted by atomic mass is 10.1. The first-order chi connectivity index (χ1) is 11.0. The molecule has 0 bridgehead atoms. The normalized spacial score (nSPS) is 29.6. The molecule has 1 aliphatic heterocycles. The van der Waals surface area contributed by atoms with E-state index in [1.54, 1.807) is 12.0 Å². The molecule has 1 amide bonds. The first kappa shape index (κ1) is 16.3.